The van der Waals surface area contributed by atoms with Gasteiger partial charge in [0, 0.05) is 25.0 Å². The summed E-state index contributed by atoms with van der Waals surface area (Å²) in [7, 11) is 0. The monoisotopic (exact) mass is 305 g/mol. The summed E-state index contributed by atoms with van der Waals surface area (Å²) in [6.45, 7) is 4.21. The fourth-order valence-electron chi connectivity index (χ4n) is 2.21. The average molecular weight is 306 g/mol. The van der Waals surface area contributed by atoms with Gasteiger partial charge in [-0.05, 0) is 37.5 Å². The number of rotatable bonds is 7. The van der Waals surface area contributed by atoms with Gasteiger partial charge in [-0.1, -0.05) is 17.7 Å². The van der Waals surface area contributed by atoms with Crippen LogP contribution in [0.1, 0.15) is 24.2 Å². The summed E-state index contributed by atoms with van der Waals surface area (Å²) in [5, 5.41) is 4.15. The van der Waals surface area contributed by atoms with E-state index in [1.807, 2.05) is 25.3 Å². The van der Waals surface area contributed by atoms with E-state index >= 15 is 0 Å². The molecule has 0 bridgehead atoms. The van der Waals surface area contributed by atoms with Crippen LogP contribution in [0.15, 0.2) is 30.6 Å². The van der Waals surface area contributed by atoms with Crippen LogP contribution in [0.5, 0.6) is 5.75 Å². The van der Waals surface area contributed by atoms with Gasteiger partial charge in [-0.2, -0.15) is 0 Å². The number of nitrogens with zero attached hydrogens (tertiary/aromatic N) is 2. The van der Waals surface area contributed by atoms with Crippen molar-refractivity contribution < 1.29 is 4.74 Å². The van der Waals surface area contributed by atoms with E-state index in [4.69, 9.17) is 16.3 Å². The number of nitrogens with one attached hydrogen (secondary N) is 1. The van der Waals surface area contributed by atoms with Gasteiger partial charge in [0.05, 0.1) is 11.6 Å². The largest absolute Gasteiger partial charge is 0.490 e. The third kappa shape index (κ3) is 3.99. The molecule has 0 radical (unpaired) electrons. The van der Waals surface area contributed by atoms with Crippen molar-refractivity contribution in [2.45, 2.75) is 38.9 Å². The molecule has 0 unspecified atom stereocenters. The molecule has 1 aliphatic rings. The third-order valence-corrected chi connectivity index (χ3v) is 3.98. The minimum absolute atomic E-state index is 0.580. The maximum atomic E-state index is 6.28. The van der Waals surface area contributed by atoms with E-state index in [2.05, 4.69) is 20.9 Å². The van der Waals surface area contributed by atoms with Crippen LogP contribution >= 0.6 is 11.6 Å². The van der Waals surface area contributed by atoms with Crippen molar-refractivity contribution in [3.8, 4) is 5.75 Å². The quantitative estimate of drug-likeness (QED) is 0.854. The third-order valence-electron chi connectivity index (χ3n) is 3.68. The zero-order chi connectivity index (χ0) is 14.7. The predicted octanol–water partition coefficient (Wildman–Crippen LogP) is 3.18. The van der Waals surface area contributed by atoms with Crippen molar-refractivity contribution in [1.29, 1.82) is 0 Å². The Morgan fingerprint density at radius 2 is 2.29 bits per heavy atom. The van der Waals surface area contributed by atoms with Crippen molar-refractivity contribution >= 4 is 11.6 Å². The molecule has 1 N–H and O–H groups in total. The highest BCUT2D eigenvalue weighted by Gasteiger charge is 2.20. The number of aryl methyl sites for hydroxylation is 1. The van der Waals surface area contributed by atoms with E-state index < -0.39 is 0 Å². The number of halogens is 1. The summed E-state index contributed by atoms with van der Waals surface area (Å²) >= 11 is 6.28. The number of benzene rings is 1. The first kappa shape index (κ1) is 14.4. The van der Waals surface area contributed by atoms with Crippen LogP contribution in [0.25, 0.3) is 0 Å². The Morgan fingerprint density at radius 3 is 2.95 bits per heavy atom. The van der Waals surface area contributed by atoms with Crippen LogP contribution in [0.4, 0.5) is 0 Å². The molecular formula is C16H20ClN3O. The molecular weight excluding hydrogens is 286 g/mol. The van der Waals surface area contributed by atoms with Gasteiger partial charge in [0.1, 0.15) is 18.2 Å². The van der Waals surface area contributed by atoms with E-state index in [-0.39, 0.29) is 0 Å². The molecule has 0 amide bonds. The second-order valence-electron chi connectivity index (χ2n) is 5.44. The molecule has 112 valence electrons. The van der Waals surface area contributed by atoms with Crippen LogP contribution in [0, 0.1) is 6.92 Å². The predicted molar refractivity (Wildman–Crippen MR) is 83.8 cm³/mol. The molecule has 2 aromatic rings. The topological polar surface area (TPSA) is 39.1 Å². The number of hydrogen-bond acceptors (Lipinski definition) is 3. The van der Waals surface area contributed by atoms with Crippen LogP contribution < -0.4 is 10.1 Å². The van der Waals surface area contributed by atoms with Gasteiger partial charge < -0.3 is 14.6 Å². The lowest BCUT2D eigenvalue weighted by Crippen LogP contribution is -2.15. The maximum absolute atomic E-state index is 6.28. The van der Waals surface area contributed by atoms with Crippen molar-refractivity contribution in [3.63, 3.8) is 0 Å². The second-order valence-corrected chi connectivity index (χ2v) is 5.84. The molecule has 4 nitrogen and oxygen atoms in total. The van der Waals surface area contributed by atoms with Gasteiger partial charge in [0.15, 0.2) is 0 Å². The average Bonchev–Trinajstić information content (AvgIpc) is 3.22. The summed E-state index contributed by atoms with van der Waals surface area (Å²) in [6.07, 6.45) is 6.34. The summed E-state index contributed by atoms with van der Waals surface area (Å²) in [6, 6.07) is 6.71. The summed E-state index contributed by atoms with van der Waals surface area (Å²) < 4.78 is 7.81. The van der Waals surface area contributed by atoms with E-state index in [1.165, 1.54) is 18.4 Å². The molecule has 1 aromatic heterocycles. The van der Waals surface area contributed by atoms with Gasteiger partial charge in [-0.15, -0.1) is 0 Å². The molecule has 0 saturated heterocycles. The van der Waals surface area contributed by atoms with Crippen LogP contribution in [0.3, 0.4) is 0 Å². The lowest BCUT2D eigenvalue weighted by molar-refractivity contribution is 0.297. The Kier molecular flexibility index (Phi) is 4.46. The van der Waals surface area contributed by atoms with Gasteiger partial charge in [-0.25, -0.2) is 4.98 Å². The molecule has 1 aromatic carbocycles. The van der Waals surface area contributed by atoms with Gasteiger partial charge in [0.2, 0.25) is 0 Å². The summed E-state index contributed by atoms with van der Waals surface area (Å²) in [4.78, 5) is 4.19. The van der Waals surface area contributed by atoms with Crippen molar-refractivity contribution in [3.05, 3.63) is 47.0 Å². The summed E-state index contributed by atoms with van der Waals surface area (Å²) in [5.41, 5.74) is 1.20. The smallest absolute Gasteiger partial charge is 0.137 e. The van der Waals surface area contributed by atoms with E-state index in [0.717, 1.165) is 24.7 Å². The van der Waals surface area contributed by atoms with Crippen molar-refractivity contribution in [2.75, 3.05) is 6.61 Å². The van der Waals surface area contributed by atoms with E-state index in [1.54, 1.807) is 6.20 Å². The standard InChI is InChI=1S/C16H20ClN3O/c1-12-18-6-7-20(12)8-9-21-16-5-2-13(10-15(16)17)11-19-14-3-4-14/h2,5-7,10,14,19H,3-4,8-9,11H2,1H3. The molecule has 1 heterocycles. The Labute approximate surface area is 130 Å². The van der Waals surface area contributed by atoms with Gasteiger partial charge >= 0.3 is 0 Å². The lowest BCUT2D eigenvalue weighted by atomic mass is 10.2. The lowest BCUT2D eigenvalue weighted by Gasteiger charge is -2.11. The molecule has 0 spiro atoms. The Bertz CT molecular complexity index is 607. The first-order valence-corrected chi connectivity index (χ1v) is 7.72. The number of ether oxygens (including phenoxy) is 1. The zero-order valence-corrected chi connectivity index (χ0v) is 12.9. The minimum Gasteiger partial charge on any atom is -0.490 e. The Hall–Kier alpha value is -1.52. The minimum atomic E-state index is 0.580. The molecule has 1 aliphatic carbocycles. The fraction of sp³-hybridized carbons (Fsp3) is 0.438. The Balaban J connectivity index is 1.51. The fourth-order valence-corrected chi connectivity index (χ4v) is 2.47. The highest BCUT2D eigenvalue weighted by atomic mass is 35.5. The SMILES string of the molecule is Cc1nccn1CCOc1ccc(CNC2CC2)cc1Cl. The number of hydrogen-bond donors (Lipinski definition) is 1. The number of imidazole rings is 1. The van der Waals surface area contributed by atoms with Crippen LogP contribution in [-0.2, 0) is 13.1 Å². The summed E-state index contributed by atoms with van der Waals surface area (Å²) in [5.74, 6) is 1.73. The molecule has 21 heavy (non-hydrogen) atoms. The highest BCUT2D eigenvalue weighted by Crippen LogP contribution is 2.26. The molecule has 1 fully saturated rings. The maximum Gasteiger partial charge on any atom is 0.137 e. The van der Waals surface area contributed by atoms with Crippen LogP contribution in [-0.4, -0.2) is 22.2 Å². The molecule has 5 heteroatoms. The van der Waals surface area contributed by atoms with Crippen molar-refractivity contribution in [2.24, 2.45) is 0 Å². The van der Waals surface area contributed by atoms with Gasteiger partial charge in [0.25, 0.3) is 0 Å². The first-order chi connectivity index (χ1) is 10.2. The van der Waals surface area contributed by atoms with E-state index in [9.17, 15) is 0 Å². The number of aromatic nitrogens is 2. The second kappa shape index (κ2) is 6.50. The normalized spacial score (nSPS) is 14.4. The Morgan fingerprint density at radius 1 is 1.43 bits per heavy atom. The van der Waals surface area contributed by atoms with E-state index in [0.29, 0.717) is 17.7 Å². The first-order valence-electron chi connectivity index (χ1n) is 7.35. The molecule has 0 atom stereocenters. The van der Waals surface area contributed by atoms with Crippen molar-refractivity contribution in [1.82, 2.24) is 14.9 Å². The van der Waals surface area contributed by atoms with Crippen LogP contribution in [0.2, 0.25) is 5.02 Å². The highest BCUT2D eigenvalue weighted by molar-refractivity contribution is 6.32. The molecule has 0 aliphatic heterocycles. The molecule has 1 saturated carbocycles. The zero-order valence-electron chi connectivity index (χ0n) is 12.2. The van der Waals surface area contributed by atoms with Gasteiger partial charge in [-0.3, -0.25) is 0 Å². The molecule has 3 rings (SSSR count).